The number of ketones is 1. The number of carboxylic acids is 1. The van der Waals surface area contributed by atoms with Crippen LogP contribution in [0.15, 0.2) is 36.5 Å². The van der Waals surface area contributed by atoms with Gasteiger partial charge in [-0.1, -0.05) is 50.1 Å². The number of halogens is 2. The van der Waals surface area contributed by atoms with Crippen LogP contribution in [0, 0.1) is 11.8 Å². The summed E-state index contributed by atoms with van der Waals surface area (Å²) in [6.07, 6.45) is 10.1. The molecule has 0 aromatic heterocycles. The molecule has 1 N–H and O–H groups in total. The predicted molar refractivity (Wildman–Crippen MR) is 99.2 cm³/mol. The van der Waals surface area contributed by atoms with Crippen LogP contribution in [0.4, 0.5) is 8.78 Å². The Labute approximate surface area is 154 Å². The highest BCUT2D eigenvalue weighted by Gasteiger charge is 2.36. The van der Waals surface area contributed by atoms with Gasteiger partial charge in [0, 0.05) is 25.2 Å². The van der Waals surface area contributed by atoms with Gasteiger partial charge in [0.15, 0.2) is 0 Å². The van der Waals surface area contributed by atoms with Crippen LogP contribution in [0.2, 0.25) is 0 Å². The van der Waals surface area contributed by atoms with E-state index in [1.54, 1.807) is 0 Å². The van der Waals surface area contributed by atoms with Crippen molar-refractivity contribution in [2.45, 2.75) is 70.6 Å². The molecule has 146 valence electrons. The minimum Gasteiger partial charge on any atom is -0.481 e. The first-order valence-corrected chi connectivity index (χ1v) is 9.41. The minimum absolute atomic E-state index is 0.0557. The third kappa shape index (κ3) is 8.07. The molecule has 0 unspecified atom stereocenters. The second-order valence-electron chi connectivity index (χ2n) is 7.00. The van der Waals surface area contributed by atoms with Crippen molar-refractivity contribution in [3.8, 4) is 0 Å². The first kappa shape index (κ1) is 22.3. The molecule has 1 aliphatic rings. The van der Waals surface area contributed by atoms with Crippen LogP contribution in [0.3, 0.4) is 0 Å². The van der Waals surface area contributed by atoms with Gasteiger partial charge in [-0.2, -0.15) is 0 Å². The SMILES string of the molecule is C=C1CC(=O)[C@H](/C=C/C(F)(F)CCCCC)[C@H]1C/C=C\CCCC(=O)O. The van der Waals surface area contributed by atoms with Crippen molar-refractivity contribution in [3.05, 3.63) is 36.5 Å². The molecule has 1 aliphatic carbocycles. The largest absolute Gasteiger partial charge is 0.481 e. The zero-order valence-electron chi connectivity index (χ0n) is 15.6. The molecule has 0 amide bonds. The van der Waals surface area contributed by atoms with Crippen molar-refractivity contribution in [1.82, 2.24) is 0 Å². The Morgan fingerprint density at radius 3 is 2.69 bits per heavy atom. The zero-order chi connectivity index (χ0) is 19.6. The molecule has 0 aromatic rings. The van der Waals surface area contributed by atoms with E-state index in [1.807, 2.05) is 19.1 Å². The average molecular weight is 368 g/mol. The lowest BCUT2D eigenvalue weighted by molar-refractivity contribution is -0.137. The third-order valence-corrected chi connectivity index (χ3v) is 4.71. The molecule has 0 bridgehead atoms. The number of hydrogen-bond donors (Lipinski definition) is 1. The number of carbonyl (C=O) groups excluding carboxylic acids is 1. The van der Waals surface area contributed by atoms with Crippen molar-refractivity contribution in [2.24, 2.45) is 11.8 Å². The standard InChI is InChI=1S/C21H30F2O3/c1-3-4-9-13-21(22,23)14-12-18-17(16(2)15-19(18)24)10-7-5-6-8-11-20(25)26/h5,7,12,14,17-18H,2-4,6,8-11,13,15H2,1H3,(H,25,26)/b7-5-,14-12+/t17-,18+/m0/s1. The molecule has 5 heteroatoms. The molecule has 1 rings (SSSR count). The lowest BCUT2D eigenvalue weighted by Crippen LogP contribution is -2.16. The van der Waals surface area contributed by atoms with Crippen molar-refractivity contribution < 1.29 is 23.5 Å². The zero-order valence-corrected chi connectivity index (χ0v) is 15.6. The predicted octanol–water partition coefficient (Wildman–Crippen LogP) is 5.72. The fourth-order valence-electron chi connectivity index (χ4n) is 3.18. The van der Waals surface area contributed by atoms with Gasteiger partial charge >= 0.3 is 5.97 Å². The minimum atomic E-state index is -2.88. The van der Waals surface area contributed by atoms with E-state index in [4.69, 9.17) is 5.11 Å². The maximum Gasteiger partial charge on any atom is 0.303 e. The first-order valence-electron chi connectivity index (χ1n) is 9.41. The first-order chi connectivity index (χ1) is 12.3. The van der Waals surface area contributed by atoms with Crippen LogP contribution < -0.4 is 0 Å². The Bertz CT molecular complexity index is 549. The second-order valence-corrected chi connectivity index (χ2v) is 7.00. The van der Waals surface area contributed by atoms with Crippen LogP contribution >= 0.6 is 0 Å². The normalized spacial score (nSPS) is 21.3. The maximum absolute atomic E-state index is 13.9. The fraction of sp³-hybridized carbons (Fsp3) is 0.619. The molecule has 0 heterocycles. The number of aliphatic carboxylic acids is 1. The Kier molecular flexibility index (Phi) is 9.46. The topological polar surface area (TPSA) is 54.4 Å². The number of alkyl halides is 2. The van der Waals surface area contributed by atoms with Crippen LogP contribution in [-0.4, -0.2) is 22.8 Å². The van der Waals surface area contributed by atoms with E-state index in [9.17, 15) is 18.4 Å². The summed E-state index contributed by atoms with van der Waals surface area (Å²) >= 11 is 0. The van der Waals surface area contributed by atoms with E-state index in [2.05, 4.69) is 6.58 Å². The van der Waals surface area contributed by atoms with Gasteiger partial charge in [-0.15, -0.1) is 0 Å². The van der Waals surface area contributed by atoms with Gasteiger partial charge in [-0.05, 0) is 37.7 Å². The third-order valence-electron chi connectivity index (χ3n) is 4.71. The molecule has 0 radical (unpaired) electrons. The molecule has 2 atom stereocenters. The van der Waals surface area contributed by atoms with Crippen LogP contribution in [0.1, 0.15) is 64.7 Å². The number of allylic oxidation sites excluding steroid dienone is 5. The quantitative estimate of drug-likeness (QED) is 0.354. The van der Waals surface area contributed by atoms with Gasteiger partial charge in [0.1, 0.15) is 5.78 Å². The number of carboxylic acid groups (broad SMARTS) is 1. The smallest absolute Gasteiger partial charge is 0.303 e. The van der Waals surface area contributed by atoms with Crippen molar-refractivity contribution in [2.75, 3.05) is 0 Å². The maximum atomic E-state index is 13.9. The van der Waals surface area contributed by atoms with Crippen LogP contribution in [0.25, 0.3) is 0 Å². The molecule has 0 aliphatic heterocycles. The molecule has 26 heavy (non-hydrogen) atoms. The Balaban J connectivity index is 2.59. The van der Waals surface area contributed by atoms with Gasteiger partial charge < -0.3 is 5.11 Å². The molecule has 3 nitrogen and oxygen atoms in total. The van der Waals surface area contributed by atoms with E-state index in [-0.39, 0.29) is 31.0 Å². The molecular weight excluding hydrogens is 338 g/mol. The van der Waals surface area contributed by atoms with E-state index in [0.717, 1.165) is 24.5 Å². The van der Waals surface area contributed by atoms with Crippen molar-refractivity contribution >= 4 is 11.8 Å². The molecule has 0 spiro atoms. The second kappa shape index (κ2) is 11.0. The average Bonchev–Trinajstić information content (AvgIpc) is 2.82. The van der Waals surface area contributed by atoms with Crippen molar-refractivity contribution in [1.29, 1.82) is 0 Å². The highest BCUT2D eigenvalue weighted by molar-refractivity contribution is 5.88. The van der Waals surface area contributed by atoms with Gasteiger partial charge in [-0.3, -0.25) is 9.59 Å². The number of hydrogen-bond acceptors (Lipinski definition) is 2. The molecule has 0 aromatic carbocycles. The van der Waals surface area contributed by atoms with Gasteiger partial charge in [0.2, 0.25) is 0 Å². The van der Waals surface area contributed by atoms with E-state index >= 15 is 0 Å². The van der Waals surface area contributed by atoms with Crippen LogP contribution in [-0.2, 0) is 9.59 Å². The van der Waals surface area contributed by atoms with E-state index in [0.29, 0.717) is 25.7 Å². The van der Waals surface area contributed by atoms with E-state index < -0.39 is 17.8 Å². The summed E-state index contributed by atoms with van der Waals surface area (Å²) in [5.41, 5.74) is 0.786. The molecule has 1 fully saturated rings. The molecule has 0 saturated heterocycles. The molecular formula is C21H30F2O3. The van der Waals surface area contributed by atoms with Crippen molar-refractivity contribution in [3.63, 3.8) is 0 Å². The number of unbranched alkanes of at least 4 members (excludes halogenated alkanes) is 3. The lowest BCUT2D eigenvalue weighted by atomic mass is 9.89. The number of carbonyl (C=O) groups is 2. The summed E-state index contributed by atoms with van der Waals surface area (Å²) in [5, 5.41) is 8.59. The van der Waals surface area contributed by atoms with Gasteiger partial charge in [-0.25, -0.2) is 8.78 Å². The summed E-state index contributed by atoms with van der Waals surface area (Å²) < 4.78 is 27.9. The fourth-order valence-corrected chi connectivity index (χ4v) is 3.18. The summed E-state index contributed by atoms with van der Waals surface area (Å²) in [4.78, 5) is 22.6. The summed E-state index contributed by atoms with van der Waals surface area (Å²) in [7, 11) is 0. The summed E-state index contributed by atoms with van der Waals surface area (Å²) in [6.45, 7) is 5.89. The van der Waals surface area contributed by atoms with Crippen LogP contribution in [0.5, 0.6) is 0 Å². The van der Waals surface area contributed by atoms with Gasteiger partial charge in [0.05, 0.1) is 0 Å². The molecule has 1 saturated carbocycles. The highest BCUT2D eigenvalue weighted by Crippen LogP contribution is 2.37. The lowest BCUT2D eigenvalue weighted by Gasteiger charge is -2.16. The monoisotopic (exact) mass is 368 g/mol. The summed E-state index contributed by atoms with van der Waals surface area (Å²) in [5.74, 6) is -4.45. The Hall–Kier alpha value is -1.78. The van der Waals surface area contributed by atoms with Gasteiger partial charge in [0.25, 0.3) is 5.92 Å². The van der Waals surface area contributed by atoms with E-state index in [1.165, 1.54) is 6.08 Å². The Morgan fingerprint density at radius 1 is 1.31 bits per heavy atom. The highest BCUT2D eigenvalue weighted by atomic mass is 19.3. The Morgan fingerprint density at radius 2 is 2.04 bits per heavy atom. The number of rotatable bonds is 12. The summed E-state index contributed by atoms with van der Waals surface area (Å²) in [6, 6.07) is 0. The number of Topliss-reactive ketones (excluding diaryl/α,β-unsaturated/α-hetero) is 1.